The molecule has 3 aromatic rings. The van der Waals surface area contributed by atoms with Crippen molar-refractivity contribution in [3.05, 3.63) is 65.4 Å². The number of aromatic nitrogens is 2. The van der Waals surface area contributed by atoms with E-state index in [9.17, 15) is 14.7 Å². The summed E-state index contributed by atoms with van der Waals surface area (Å²) in [5, 5.41) is 20.9. The molecule has 0 bridgehead atoms. The average Bonchev–Trinajstić information content (AvgIpc) is 3.50. The zero-order valence-electron chi connectivity index (χ0n) is 20.9. The third-order valence-corrected chi connectivity index (χ3v) is 6.57. The number of hydrogen-bond donors (Lipinski definition) is 3. The number of nitrogens with zero attached hydrogens (tertiary/aromatic N) is 2. The molecule has 0 atom stereocenters. The summed E-state index contributed by atoms with van der Waals surface area (Å²) in [6.07, 6.45) is 4.29. The number of nitrogens with one attached hydrogen (secondary N) is 2. The second-order valence-electron chi connectivity index (χ2n) is 10.2. The highest BCUT2D eigenvalue weighted by molar-refractivity contribution is 6.04. The van der Waals surface area contributed by atoms with E-state index in [1.165, 1.54) is 10.7 Å². The molecule has 1 fully saturated rings. The normalized spacial score (nSPS) is 14.2. The van der Waals surface area contributed by atoms with Crippen LogP contribution in [0.2, 0.25) is 0 Å². The number of hydrogen-bond acceptors (Lipinski definition) is 4. The van der Waals surface area contributed by atoms with Crippen LogP contribution in [0.15, 0.2) is 48.5 Å². The molecule has 1 aromatic heterocycles. The Morgan fingerprint density at radius 3 is 2.37 bits per heavy atom. The van der Waals surface area contributed by atoms with Crippen molar-refractivity contribution in [3.8, 4) is 17.0 Å². The van der Waals surface area contributed by atoms with Crippen molar-refractivity contribution in [2.45, 2.75) is 64.7 Å². The van der Waals surface area contributed by atoms with Crippen LogP contribution in [0.3, 0.4) is 0 Å². The molecule has 3 N–H and O–H groups in total. The molecule has 0 saturated heterocycles. The summed E-state index contributed by atoms with van der Waals surface area (Å²) in [5.74, 6) is 0.0672. The van der Waals surface area contributed by atoms with Gasteiger partial charge in [-0.05, 0) is 67.1 Å². The summed E-state index contributed by atoms with van der Waals surface area (Å²) in [5.41, 5.74) is 4.08. The summed E-state index contributed by atoms with van der Waals surface area (Å²) in [7, 11) is 0. The predicted octanol–water partition coefficient (Wildman–Crippen LogP) is 6.04. The van der Waals surface area contributed by atoms with Gasteiger partial charge in [-0.15, -0.1) is 0 Å². The molecule has 1 aliphatic rings. The number of carbonyl (C=O) groups is 2. The van der Waals surface area contributed by atoms with Crippen molar-refractivity contribution < 1.29 is 14.7 Å². The monoisotopic (exact) mass is 474 g/mol. The van der Waals surface area contributed by atoms with Crippen LogP contribution in [0, 0.1) is 0 Å². The zero-order chi connectivity index (χ0) is 25.2. The molecule has 1 saturated carbocycles. The van der Waals surface area contributed by atoms with E-state index in [1.807, 2.05) is 37.3 Å². The van der Waals surface area contributed by atoms with Crippen LogP contribution >= 0.6 is 0 Å². The van der Waals surface area contributed by atoms with E-state index in [-0.39, 0.29) is 29.0 Å². The van der Waals surface area contributed by atoms with Crippen LogP contribution in [0.4, 0.5) is 10.5 Å². The Bertz CT molecular complexity index is 1220. The summed E-state index contributed by atoms with van der Waals surface area (Å²) in [4.78, 5) is 25.5. The Balaban J connectivity index is 1.61. The fourth-order valence-corrected chi connectivity index (χ4v) is 4.57. The van der Waals surface area contributed by atoms with Crippen LogP contribution in [0.1, 0.15) is 80.9 Å². The van der Waals surface area contributed by atoms with Gasteiger partial charge >= 0.3 is 6.03 Å². The maximum Gasteiger partial charge on any atom is 0.342 e. The van der Waals surface area contributed by atoms with Crippen LogP contribution < -0.4 is 10.6 Å². The van der Waals surface area contributed by atoms with Crippen molar-refractivity contribution in [2.75, 3.05) is 11.9 Å². The highest BCUT2D eigenvalue weighted by Gasteiger charge is 2.26. The van der Waals surface area contributed by atoms with Gasteiger partial charge in [0.15, 0.2) is 0 Å². The van der Waals surface area contributed by atoms with E-state index in [0.717, 1.165) is 36.9 Å². The van der Waals surface area contributed by atoms with Gasteiger partial charge in [0.1, 0.15) is 5.75 Å². The van der Waals surface area contributed by atoms with Gasteiger partial charge in [0.2, 0.25) is 0 Å². The highest BCUT2D eigenvalue weighted by atomic mass is 16.3. The maximum atomic E-state index is 12.9. The molecular formula is C28H34N4O3. The molecule has 0 spiro atoms. The molecule has 0 unspecified atom stereocenters. The molecule has 1 aliphatic carbocycles. The lowest BCUT2D eigenvalue weighted by atomic mass is 9.87. The Kier molecular flexibility index (Phi) is 6.96. The summed E-state index contributed by atoms with van der Waals surface area (Å²) < 4.78 is 1.43. The fourth-order valence-electron chi connectivity index (χ4n) is 4.57. The van der Waals surface area contributed by atoms with Gasteiger partial charge in [0.25, 0.3) is 5.91 Å². The predicted molar refractivity (Wildman–Crippen MR) is 138 cm³/mol. The molecule has 184 valence electrons. The zero-order valence-corrected chi connectivity index (χ0v) is 20.9. The molecule has 35 heavy (non-hydrogen) atoms. The van der Waals surface area contributed by atoms with Crippen LogP contribution in [-0.4, -0.2) is 33.4 Å². The molecule has 2 amide bonds. The molecular weight excluding hydrogens is 440 g/mol. The summed E-state index contributed by atoms with van der Waals surface area (Å²) in [6, 6.07) is 14.1. The minimum Gasteiger partial charge on any atom is -0.507 e. The van der Waals surface area contributed by atoms with E-state index in [2.05, 4.69) is 36.5 Å². The standard InChI is InChI=1S/C28H34N4O3/c1-5-29-27(35)32-24(18-8-6-7-9-18)17-23(31-32)22-16-21(14-15-25(22)33)30-26(34)19-10-12-20(13-11-19)28(2,3)4/h10-18,33H,5-9H2,1-4H3,(H,29,35)(H,30,34). The van der Waals surface area contributed by atoms with Gasteiger partial charge in [-0.3, -0.25) is 4.79 Å². The minimum absolute atomic E-state index is 0.00958. The first-order valence-corrected chi connectivity index (χ1v) is 12.3. The Morgan fingerprint density at radius 1 is 1.06 bits per heavy atom. The van der Waals surface area contributed by atoms with Crippen molar-refractivity contribution >= 4 is 17.6 Å². The smallest absolute Gasteiger partial charge is 0.342 e. The van der Waals surface area contributed by atoms with E-state index in [4.69, 9.17) is 0 Å². The van der Waals surface area contributed by atoms with E-state index >= 15 is 0 Å². The van der Waals surface area contributed by atoms with Crippen molar-refractivity contribution in [1.29, 1.82) is 0 Å². The molecule has 0 radical (unpaired) electrons. The van der Waals surface area contributed by atoms with Gasteiger partial charge < -0.3 is 15.7 Å². The van der Waals surface area contributed by atoms with Crippen molar-refractivity contribution in [1.82, 2.24) is 15.1 Å². The first-order chi connectivity index (χ1) is 16.7. The number of anilines is 1. The summed E-state index contributed by atoms with van der Waals surface area (Å²) in [6.45, 7) is 8.76. The minimum atomic E-state index is -0.275. The van der Waals surface area contributed by atoms with Crippen LogP contribution in [0.25, 0.3) is 11.3 Å². The lowest BCUT2D eigenvalue weighted by Crippen LogP contribution is -2.30. The van der Waals surface area contributed by atoms with Gasteiger partial charge in [-0.2, -0.15) is 9.78 Å². The molecule has 2 aromatic carbocycles. The molecule has 0 aliphatic heterocycles. The lowest BCUT2D eigenvalue weighted by Gasteiger charge is -2.19. The van der Waals surface area contributed by atoms with E-state index in [1.54, 1.807) is 12.1 Å². The molecule has 1 heterocycles. The number of phenolic OH excluding ortho intramolecular Hbond substituents is 1. The van der Waals surface area contributed by atoms with Gasteiger partial charge in [0.05, 0.1) is 11.4 Å². The number of phenols is 1. The first-order valence-electron chi connectivity index (χ1n) is 12.3. The fraction of sp³-hybridized carbons (Fsp3) is 0.393. The third-order valence-electron chi connectivity index (χ3n) is 6.57. The Labute approximate surface area is 206 Å². The molecule has 7 nitrogen and oxygen atoms in total. The van der Waals surface area contributed by atoms with Gasteiger partial charge in [-0.25, -0.2) is 4.79 Å². The average molecular weight is 475 g/mol. The topological polar surface area (TPSA) is 96.3 Å². The van der Waals surface area contributed by atoms with E-state index in [0.29, 0.717) is 29.1 Å². The van der Waals surface area contributed by atoms with Crippen LogP contribution in [0.5, 0.6) is 5.75 Å². The van der Waals surface area contributed by atoms with Crippen molar-refractivity contribution in [3.63, 3.8) is 0 Å². The van der Waals surface area contributed by atoms with Gasteiger partial charge in [0, 0.05) is 29.3 Å². The number of rotatable bonds is 5. The Hall–Kier alpha value is -3.61. The molecule has 4 rings (SSSR count). The summed E-state index contributed by atoms with van der Waals surface area (Å²) >= 11 is 0. The largest absolute Gasteiger partial charge is 0.507 e. The lowest BCUT2D eigenvalue weighted by molar-refractivity contribution is 0.102. The number of amides is 2. The SMILES string of the molecule is CCNC(=O)n1nc(-c2cc(NC(=O)c3ccc(C(C)(C)C)cc3)ccc2O)cc1C1CCCC1. The van der Waals surface area contributed by atoms with Gasteiger partial charge in [-0.1, -0.05) is 45.7 Å². The second kappa shape index (κ2) is 9.94. The Morgan fingerprint density at radius 2 is 1.74 bits per heavy atom. The van der Waals surface area contributed by atoms with Crippen molar-refractivity contribution in [2.24, 2.45) is 0 Å². The first kappa shape index (κ1) is 24.5. The van der Waals surface area contributed by atoms with Crippen LogP contribution in [-0.2, 0) is 5.41 Å². The molecule has 7 heteroatoms. The number of carbonyl (C=O) groups excluding carboxylic acids is 2. The highest BCUT2D eigenvalue weighted by Crippen LogP contribution is 2.38. The number of aromatic hydroxyl groups is 1. The third kappa shape index (κ3) is 5.39. The second-order valence-corrected chi connectivity index (χ2v) is 10.2. The maximum absolute atomic E-state index is 12.9. The number of benzene rings is 2. The van der Waals surface area contributed by atoms with E-state index < -0.39 is 0 Å². The quantitative estimate of drug-likeness (QED) is 0.393.